The highest BCUT2D eigenvalue weighted by Gasteiger charge is 2.20. The molecule has 0 aromatic heterocycles. The third kappa shape index (κ3) is 3.86. The minimum atomic E-state index is 0.0360. The van der Waals surface area contributed by atoms with Crippen LogP contribution in [0.4, 0.5) is 5.69 Å². The number of carbonyl (C=O) groups excluding carboxylic acids is 1. The molecule has 0 bridgehead atoms. The van der Waals surface area contributed by atoms with Crippen LogP contribution in [0, 0.1) is 19.8 Å². The number of aryl methyl sites for hydroxylation is 2. The number of carbonyl (C=O) groups is 1. The Labute approximate surface area is 103 Å². The molecule has 0 heterocycles. The summed E-state index contributed by atoms with van der Waals surface area (Å²) in [4.78, 5) is 11.6. The molecule has 92 valence electrons. The van der Waals surface area contributed by atoms with Crippen LogP contribution in [0.5, 0.6) is 0 Å². The van der Waals surface area contributed by atoms with Crippen LogP contribution in [0.3, 0.4) is 0 Å². The third-order valence-electron chi connectivity index (χ3n) is 3.21. The molecule has 0 radical (unpaired) electrons. The molecule has 1 fully saturated rings. The molecule has 3 nitrogen and oxygen atoms in total. The molecule has 2 N–H and O–H groups in total. The Bertz CT molecular complexity index is 411. The van der Waals surface area contributed by atoms with Crippen molar-refractivity contribution in [2.24, 2.45) is 5.92 Å². The molecule has 0 saturated heterocycles. The summed E-state index contributed by atoms with van der Waals surface area (Å²) in [7, 11) is 0. The Morgan fingerprint density at radius 3 is 2.71 bits per heavy atom. The number of hydrogen-bond donors (Lipinski definition) is 2. The molecular formula is C14H20N2O. The van der Waals surface area contributed by atoms with Gasteiger partial charge >= 0.3 is 0 Å². The summed E-state index contributed by atoms with van der Waals surface area (Å²) in [5.41, 5.74) is 3.33. The Hall–Kier alpha value is -1.35. The number of rotatable bonds is 5. The predicted octanol–water partition coefficient (Wildman–Crippen LogP) is 2.24. The number of anilines is 1. The average Bonchev–Trinajstić information content (AvgIpc) is 3.07. The van der Waals surface area contributed by atoms with E-state index in [0.717, 1.165) is 18.2 Å². The van der Waals surface area contributed by atoms with Crippen molar-refractivity contribution < 1.29 is 4.79 Å². The van der Waals surface area contributed by atoms with Crippen molar-refractivity contribution in [3.63, 3.8) is 0 Å². The van der Waals surface area contributed by atoms with Gasteiger partial charge in [-0.2, -0.15) is 0 Å². The van der Waals surface area contributed by atoms with Crippen LogP contribution in [0.2, 0.25) is 0 Å². The van der Waals surface area contributed by atoms with Crippen LogP contribution >= 0.6 is 0 Å². The molecule has 3 heteroatoms. The molecule has 0 atom stereocenters. The quantitative estimate of drug-likeness (QED) is 0.817. The van der Waals surface area contributed by atoms with Crippen molar-refractivity contribution in [3.05, 3.63) is 29.3 Å². The first-order valence-corrected chi connectivity index (χ1v) is 6.23. The van der Waals surface area contributed by atoms with Crippen LogP contribution in [-0.4, -0.2) is 19.0 Å². The van der Waals surface area contributed by atoms with Crippen LogP contribution in [-0.2, 0) is 4.79 Å². The zero-order valence-electron chi connectivity index (χ0n) is 10.5. The maximum Gasteiger partial charge on any atom is 0.238 e. The monoisotopic (exact) mass is 232 g/mol. The van der Waals surface area contributed by atoms with Crippen LogP contribution < -0.4 is 10.6 Å². The van der Waals surface area contributed by atoms with Crippen molar-refractivity contribution in [3.8, 4) is 0 Å². The Balaban J connectivity index is 1.77. The summed E-state index contributed by atoms with van der Waals surface area (Å²) >= 11 is 0. The van der Waals surface area contributed by atoms with Gasteiger partial charge in [-0.25, -0.2) is 0 Å². The van der Waals surface area contributed by atoms with Crippen molar-refractivity contribution in [1.29, 1.82) is 0 Å². The standard InChI is InChI=1S/C14H20N2O/c1-10-3-6-13(7-11(10)2)16-14(17)9-15-8-12-4-5-12/h3,6-7,12,15H,4-5,8-9H2,1-2H3,(H,16,17). The van der Waals surface area contributed by atoms with E-state index in [1.54, 1.807) is 0 Å². The van der Waals surface area contributed by atoms with E-state index >= 15 is 0 Å². The van der Waals surface area contributed by atoms with E-state index in [4.69, 9.17) is 0 Å². The van der Waals surface area contributed by atoms with E-state index in [0.29, 0.717) is 6.54 Å². The van der Waals surface area contributed by atoms with Gasteiger partial charge in [-0.05, 0) is 62.4 Å². The number of amides is 1. The van der Waals surface area contributed by atoms with E-state index in [9.17, 15) is 4.79 Å². The first-order valence-electron chi connectivity index (χ1n) is 6.23. The topological polar surface area (TPSA) is 41.1 Å². The molecule has 1 aromatic carbocycles. The van der Waals surface area contributed by atoms with Gasteiger partial charge in [0.1, 0.15) is 0 Å². The fraction of sp³-hybridized carbons (Fsp3) is 0.500. The van der Waals surface area contributed by atoms with E-state index < -0.39 is 0 Å². The number of nitrogens with one attached hydrogen (secondary N) is 2. The largest absolute Gasteiger partial charge is 0.325 e. The van der Waals surface area contributed by atoms with Gasteiger partial charge in [-0.15, -0.1) is 0 Å². The van der Waals surface area contributed by atoms with Crippen LogP contribution in [0.1, 0.15) is 24.0 Å². The maximum absolute atomic E-state index is 11.6. The molecule has 0 spiro atoms. The first-order chi connectivity index (χ1) is 8.15. The van der Waals surface area contributed by atoms with Crippen LogP contribution in [0.15, 0.2) is 18.2 Å². The molecule has 0 aliphatic heterocycles. The van der Waals surface area contributed by atoms with Gasteiger partial charge in [0, 0.05) is 5.69 Å². The van der Waals surface area contributed by atoms with Gasteiger partial charge in [0.25, 0.3) is 0 Å². The minimum absolute atomic E-state index is 0.0360. The molecule has 2 rings (SSSR count). The SMILES string of the molecule is Cc1ccc(NC(=O)CNCC2CC2)cc1C. The van der Waals surface area contributed by atoms with E-state index in [2.05, 4.69) is 24.5 Å². The smallest absolute Gasteiger partial charge is 0.238 e. The van der Waals surface area contributed by atoms with Crippen molar-refractivity contribution in [2.45, 2.75) is 26.7 Å². The zero-order chi connectivity index (χ0) is 12.3. The molecule has 1 aromatic rings. The van der Waals surface area contributed by atoms with Gasteiger partial charge in [0.05, 0.1) is 6.54 Å². The van der Waals surface area contributed by atoms with Crippen molar-refractivity contribution in [1.82, 2.24) is 5.32 Å². The first kappa shape index (κ1) is 12.1. The second-order valence-corrected chi connectivity index (χ2v) is 4.92. The van der Waals surface area contributed by atoms with Gasteiger partial charge in [-0.1, -0.05) is 6.07 Å². The fourth-order valence-electron chi connectivity index (χ4n) is 1.74. The molecule has 1 amide bonds. The highest BCUT2D eigenvalue weighted by molar-refractivity contribution is 5.92. The van der Waals surface area contributed by atoms with E-state index in [-0.39, 0.29) is 5.91 Å². The summed E-state index contributed by atoms with van der Waals surface area (Å²) < 4.78 is 0. The highest BCUT2D eigenvalue weighted by Crippen LogP contribution is 2.27. The van der Waals surface area contributed by atoms with E-state index in [1.807, 2.05) is 18.2 Å². The predicted molar refractivity (Wildman–Crippen MR) is 70.1 cm³/mol. The summed E-state index contributed by atoms with van der Waals surface area (Å²) in [6, 6.07) is 5.98. The Morgan fingerprint density at radius 2 is 2.06 bits per heavy atom. The lowest BCUT2D eigenvalue weighted by Crippen LogP contribution is -2.29. The average molecular weight is 232 g/mol. The molecule has 1 saturated carbocycles. The van der Waals surface area contributed by atoms with Crippen molar-refractivity contribution in [2.75, 3.05) is 18.4 Å². The fourth-order valence-corrected chi connectivity index (χ4v) is 1.74. The lowest BCUT2D eigenvalue weighted by molar-refractivity contribution is -0.115. The molecule has 17 heavy (non-hydrogen) atoms. The number of hydrogen-bond acceptors (Lipinski definition) is 2. The number of benzene rings is 1. The lowest BCUT2D eigenvalue weighted by atomic mass is 10.1. The highest BCUT2D eigenvalue weighted by atomic mass is 16.1. The molecule has 0 unspecified atom stereocenters. The lowest BCUT2D eigenvalue weighted by Gasteiger charge is -2.08. The third-order valence-corrected chi connectivity index (χ3v) is 3.21. The Morgan fingerprint density at radius 1 is 1.29 bits per heavy atom. The van der Waals surface area contributed by atoms with Gasteiger partial charge in [-0.3, -0.25) is 4.79 Å². The second kappa shape index (κ2) is 5.32. The zero-order valence-corrected chi connectivity index (χ0v) is 10.5. The summed E-state index contributed by atoms with van der Waals surface area (Å²) in [5, 5.41) is 6.08. The summed E-state index contributed by atoms with van der Waals surface area (Å²) in [6.07, 6.45) is 2.62. The molecular weight excluding hydrogens is 212 g/mol. The van der Waals surface area contributed by atoms with Gasteiger partial charge in [0.2, 0.25) is 5.91 Å². The van der Waals surface area contributed by atoms with Crippen LogP contribution in [0.25, 0.3) is 0 Å². The van der Waals surface area contributed by atoms with Crippen molar-refractivity contribution >= 4 is 11.6 Å². The molecule has 1 aliphatic rings. The Kier molecular flexibility index (Phi) is 3.79. The maximum atomic E-state index is 11.6. The van der Waals surface area contributed by atoms with Gasteiger partial charge in [0.15, 0.2) is 0 Å². The molecule has 1 aliphatic carbocycles. The van der Waals surface area contributed by atoms with Gasteiger partial charge < -0.3 is 10.6 Å². The second-order valence-electron chi connectivity index (χ2n) is 4.92. The minimum Gasteiger partial charge on any atom is -0.325 e. The van der Waals surface area contributed by atoms with E-state index in [1.165, 1.54) is 24.0 Å². The normalized spacial score (nSPS) is 14.7. The summed E-state index contributed by atoms with van der Waals surface area (Å²) in [6.45, 7) is 5.50. The summed E-state index contributed by atoms with van der Waals surface area (Å²) in [5.74, 6) is 0.846.